The maximum Gasteiger partial charge on any atom is 0.254 e. The second-order valence-corrected chi connectivity index (χ2v) is 5.83. The van der Waals surface area contributed by atoms with Gasteiger partial charge in [0.05, 0.1) is 0 Å². The smallest absolute Gasteiger partial charge is 0.254 e. The number of rotatable bonds is 4. The molecule has 1 unspecified atom stereocenters. The summed E-state index contributed by atoms with van der Waals surface area (Å²) in [5, 5.41) is 0. The average molecular weight is 260 g/mol. The molecule has 3 heteroatoms. The molecule has 0 heterocycles. The fourth-order valence-electron chi connectivity index (χ4n) is 2.99. The van der Waals surface area contributed by atoms with Gasteiger partial charge in [-0.05, 0) is 50.7 Å². The SMILES string of the molecule is Cc1cc(C)c(C(=O)N(C)C(CN)C2CC2)c(C)c1. The molecule has 0 saturated heterocycles. The second-order valence-electron chi connectivity index (χ2n) is 5.83. The number of hydrogen-bond donors (Lipinski definition) is 1. The Bertz CT molecular complexity index is 469. The van der Waals surface area contributed by atoms with Crippen molar-refractivity contribution in [2.45, 2.75) is 39.7 Å². The number of benzene rings is 1. The van der Waals surface area contributed by atoms with Crippen LogP contribution in [0.2, 0.25) is 0 Å². The van der Waals surface area contributed by atoms with Gasteiger partial charge in [-0.3, -0.25) is 4.79 Å². The first kappa shape index (κ1) is 14.1. The van der Waals surface area contributed by atoms with E-state index in [9.17, 15) is 4.79 Å². The Hall–Kier alpha value is -1.35. The summed E-state index contributed by atoms with van der Waals surface area (Å²) in [6.45, 7) is 6.63. The van der Waals surface area contributed by atoms with Crippen molar-refractivity contribution < 1.29 is 4.79 Å². The summed E-state index contributed by atoms with van der Waals surface area (Å²) in [6.07, 6.45) is 2.40. The summed E-state index contributed by atoms with van der Waals surface area (Å²) in [7, 11) is 1.89. The van der Waals surface area contributed by atoms with Gasteiger partial charge >= 0.3 is 0 Å². The van der Waals surface area contributed by atoms with Gasteiger partial charge in [-0.25, -0.2) is 0 Å². The topological polar surface area (TPSA) is 46.3 Å². The standard InChI is InChI=1S/C16H24N2O/c1-10-7-11(2)15(12(3)8-10)16(19)18(4)14(9-17)13-5-6-13/h7-8,13-14H,5-6,9,17H2,1-4H3. The number of likely N-dealkylation sites (N-methyl/N-ethyl adjacent to an activating group) is 1. The van der Waals surface area contributed by atoms with Crippen molar-refractivity contribution in [1.29, 1.82) is 0 Å². The van der Waals surface area contributed by atoms with Gasteiger partial charge in [0.15, 0.2) is 0 Å². The first-order chi connectivity index (χ1) is 8.95. The van der Waals surface area contributed by atoms with E-state index in [1.165, 1.54) is 18.4 Å². The highest BCUT2D eigenvalue weighted by Crippen LogP contribution is 2.35. The molecular weight excluding hydrogens is 236 g/mol. The van der Waals surface area contributed by atoms with Crippen molar-refractivity contribution in [3.63, 3.8) is 0 Å². The monoisotopic (exact) mass is 260 g/mol. The van der Waals surface area contributed by atoms with Gasteiger partial charge in [-0.2, -0.15) is 0 Å². The lowest BCUT2D eigenvalue weighted by Crippen LogP contribution is -2.43. The van der Waals surface area contributed by atoms with Crippen molar-refractivity contribution in [2.75, 3.05) is 13.6 Å². The fourth-order valence-corrected chi connectivity index (χ4v) is 2.99. The lowest BCUT2D eigenvalue weighted by atomic mass is 9.98. The van der Waals surface area contributed by atoms with Crippen molar-refractivity contribution >= 4 is 5.91 Å². The van der Waals surface area contributed by atoms with Gasteiger partial charge in [0.2, 0.25) is 0 Å². The van der Waals surface area contributed by atoms with Crippen molar-refractivity contribution in [2.24, 2.45) is 11.7 Å². The average Bonchev–Trinajstić information content (AvgIpc) is 3.12. The molecule has 1 aromatic rings. The normalized spacial score (nSPS) is 16.3. The highest BCUT2D eigenvalue weighted by molar-refractivity contribution is 5.97. The van der Waals surface area contributed by atoms with Crippen LogP contribution in [0.3, 0.4) is 0 Å². The first-order valence-electron chi connectivity index (χ1n) is 7.00. The number of nitrogens with zero attached hydrogens (tertiary/aromatic N) is 1. The summed E-state index contributed by atoms with van der Waals surface area (Å²) in [5.74, 6) is 0.711. The third-order valence-electron chi connectivity index (χ3n) is 4.12. The molecule has 1 fully saturated rings. The number of nitrogens with two attached hydrogens (primary N) is 1. The van der Waals surface area contributed by atoms with Gasteiger partial charge in [0, 0.05) is 25.2 Å². The molecule has 104 valence electrons. The first-order valence-corrected chi connectivity index (χ1v) is 7.00. The van der Waals surface area contributed by atoms with Crippen molar-refractivity contribution in [3.8, 4) is 0 Å². The van der Waals surface area contributed by atoms with Gasteiger partial charge in [-0.15, -0.1) is 0 Å². The molecule has 3 nitrogen and oxygen atoms in total. The third kappa shape index (κ3) is 2.81. The molecule has 1 atom stereocenters. The van der Waals surface area contributed by atoms with E-state index in [0.29, 0.717) is 12.5 Å². The van der Waals surface area contributed by atoms with Crippen molar-refractivity contribution in [3.05, 3.63) is 34.4 Å². The van der Waals surface area contributed by atoms with E-state index in [0.717, 1.165) is 16.7 Å². The number of amides is 1. The van der Waals surface area contributed by atoms with Crippen molar-refractivity contribution in [1.82, 2.24) is 4.90 Å². The molecule has 1 aromatic carbocycles. The summed E-state index contributed by atoms with van der Waals surface area (Å²) < 4.78 is 0. The fraction of sp³-hybridized carbons (Fsp3) is 0.562. The third-order valence-corrected chi connectivity index (χ3v) is 4.12. The van der Waals surface area contributed by atoms with Gasteiger partial charge < -0.3 is 10.6 Å². The molecule has 1 aliphatic rings. The summed E-state index contributed by atoms with van der Waals surface area (Å²) in [6, 6.07) is 4.33. The molecule has 0 bridgehead atoms. The van der Waals surface area contributed by atoms with Crippen LogP contribution in [0.5, 0.6) is 0 Å². The van der Waals surface area contributed by atoms with Crippen LogP contribution in [0, 0.1) is 26.7 Å². The molecule has 19 heavy (non-hydrogen) atoms. The van der Waals surface area contributed by atoms with E-state index in [-0.39, 0.29) is 11.9 Å². The molecule has 0 aliphatic heterocycles. The van der Waals surface area contributed by atoms with Crippen LogP contribution in [-0.4, -0.2) is 30.4 Å². The van der Waals surface area contributed by atoms with E-state index in [2.05, 4.69) is 19.1 Å². The van der Waals surface area contributed by atoms with Crippen LogP contribution >= 0.6 is 0 Å². The largest absolute Gasteiger partial charge is 0.337 e. The second kappa shape index (κ2) is 5.33. The highest BCUT2D eigenvalue weighted by Gasteiger charge is 2.35. The Kier molecular flexibility index (Phi) is 3.95. The minimum atomic E-state index is 0.109. The minimum Gasteiger partial charge on any atom is -0.337 e. The predicted molar refractivity (Wildman–Crippen MR) is 78.3 cm³/mol. The Labute approximate surface area is 115 Å². The number of aryl methyl sites for hydroxylation is 3. The molecule has 1 amide bonds. The maximum absolute atomic E-state index is 12.7. The highest BCUT2D eigenvalue weighted by atomic mass is 16.2. The number of carbonyl (C=O) groups excluding carboxylic acids is 1. The van der Waals surface area contributed by atoms with E-state index in [4.69, 9.17) is 5.73 Å². The summed E-state index contributed by atoms with van der Waals surface area (Å²) >= 11 is 0. The van der Waals surface area contributed by atoms with Crippen LogP contribution in [0.1, 0.15) is 39.9 Å². The van der Waals surface area contributed by atoms with Gasteiger partial charge in [0.25, 0.3) is 5.91 Å². The Balaban J connectivity index is 2.28. The number of carbonyl (C=O) groups is 1. The van der Waals surface area contributed by atoms with Gasteiger partial charge in [-0.1, -0.05) is 17.7 Å². The molecule has 1 aliphatic carbocycles. The zero-order chi connectivity index (χ0) is 14.2. The Morgan fingerprint density at radius 3 is 2.26 bits per heavy atom. The van der Waals surface area contributed by atoms with E-state index >= 15 is 0 Å². The van der Waals surface area contributed by atoms with Crippen LogP contribution < -0.4 is 5.73 Å². The Morgan fingerprint density at radius 2 is 1.84 bits per heavy atom. The predicted octanol–water partition coefficient (Wildman–Crippen LogP) is 2.42. The molecule has 0 aromatic heterocycles. The zero-order valence-corrected chi connectivity index (χ0v) is 12.4. The lowest BCUT2D eigenvalue weighted by molar-refractivity contribution is 0.0717. The van der Waals surface area contributed by atoms with Gasteiger partial charge in [0.1, 0.15) is 0 Å². The molecule has 2 N–H and O–H groups in total. The molecule has 1 saturated carbocycles. The maximum atomic E-state index is 12.7. The quantitative estimate of drug-likeness (QED) is 0.903. The van der Waals surface area contributed by atoms with E-state index in [1.54, 1.807) is 0 Å². The van der Waals surface area contributed by atoms with Crippen LogP contribution in [0.15, 0.2) is 12.1 Å². The lowest BCUT2D eigenvalue weighted by Gasteiger charge is -2.28. The Morgan fingerprint density at radius 1 is 1.32 bits per heavy atom. The van der Waals surface area contributed by atoms with Crippen LogP contribution in [0.4, 0.5) is 0 Å². The summed E-state index contributed by atoms with van der Waals surface area (Å²) in [4.78, 5) is 14.6. The molecule has 0 spiro atoms. The number of hydrogen-bond acceptors (Lipinski definition) is 2. The molecular formula is C16H24N2O. The van der Waals surface area contributed by atoms with E-state index in [1.807, 2.05) is 25.8 Å². The molecule has 0 radical (unpaired) electrons. The van der Waals surface area contributed by atoms with Crippen LogP contribution in [0.25, 0.3) is 0 Å². The summed E-state index contributed by atoms with van der Waals surface area (Å²) in [5.41, 5.74) is 9.99. The van der Waals surface area contributed by atoms with Crippen LogP contribution in [-0.2, 0) is 0 Å². The molecule has 2 rings (SSSR count). The van der Waals surface area contributed by atoms with E-state index < -0.39 is 0 Å². The zero-order valence-electron chi connectivity index (χ0n) is 12.4. The minimum absolute atomic E-state index is 0.109.